The number of aliphatic carboxylic acids is 1. The molecule has 54 heavy (non-hydrogen) atoms. The lowest BCUT2D eigenvalue weighted by Gasteiger charge is -2.50. The zero-order chi connectivity index (χ0) is 38.9. The minimum atomic E-state index is -5.02. The number of oxime groups is 1. The van der Waals surface area contributed by atoms with Crippen LogP contribution in [0.5, 0.6) is 5.75 Å². The molecule has 0 aliphatic carbocycles. The van der Waals surface area contributed by atoms with Crippen LogP contribution in [0, 0.1) is 11.8 Å². The van der Waals surface area contributed by atoms with Gasteiger partial charge in [-0.3, -0.25) is 18.9 Å². The normalized spacial score (nSPS) is 20.9. The monoisotopic (exact) mass is 790 g/mol. The zero-order valence-corrected chi connectivity index (χ0v) is 31.5. The summed E-state index contributed by atoms with van der Waals surface area (Å²) in [6, 6.07) is 4.56. The van der Waals surface area contributed by atoms with Crippen molar-refractivity contribution in [3.8, 4) is 16.9 Å². The highest BCUT2D eigenvalue weighted by molar-refractivity contribution is 7.80. The lowest BCUT2D eigenvalue weighted by molar-refractivity contribution is -0.781. The van der Waals surface area contributed by atoms with Crippen molar-refractivity contribution >= 4 is 50.4 Å². The second kappa shape index (κ2) is 15.6. The van der Waals surface area contributed by atoms with E-state index in [1.54, 1.807) is 0 Å². The molecule has 1 aromatic carbocycles. The van der Waals surface area contributed by atoms with Gasteiger partial charge in [0.25, 0.3) is 11.8 Å². The molecule has 6 rings (SSSR count). The molecular formula is C33H44N9O10S2+. The van der Waals surface area contributed by atoms with Crippen molar-refractivity contribution < 1.29 is 51.0 Å². The predicted octanol–water partition coefficient (Wildman–Crippen LogP) is 0.0933. The first-order valence-electron chi connectivity index (χ1n) is 17.4. The Morgan fingerprint density at radius 2 is 2.06 bits per heavy atom. The number of nitrogens with one attached hydrogen (secondary N) is 2. The van der Waals surface area contributed by atoms with Gasteiger partial charge in [0.2, 0.25) is 6.20 Å². The molecule has 5 heterocycles. The molecule has 2 amide bonds. The molecule has 2 aromatic heterocycles. The summed E-state index contributed by atoms with van der Waals surface area (Å²) in [5, 5.41) is 21.8. The average molecular weight is 791 g/mol. The van der Waals surface area contributed by atoms with Gasteiger partial charge in [-0.15, -0.1) is 20.3 Å². The topological polar surface area (TPSA) is 267 Å². The van der Waals surface area contributed by atoms with Crippen molar-refractivity contribution in [3.63, 3.8) is 0 Å². The number of hydrogen-bond acceptors (Lipinski definition) is 14. The van der Waals surface area contributed by atoms with E-state index in [9.17, 15) is 27.9 Å². The predicted molar refractivity (Wildman–Crippen MR) is 193 cm³/mol. The van der Waals surface area contributed by atoms with Gasteiger partial charge >= 0.3 is 16.4 Å². The number of anilines is 1. The number of fused-ring (bicyclic) bond motifs is 1. The van der Waals surface area contributed by atoms with Crippen LogP contribution in [0.1, 0.15) is 44.9 Å². The number of carbonyl (C=O) groups excluding carboxylic acids is 2. The molecule has 3 aliphatic heterocycles. The van der Waals surface area contributed by atoms with E-state index in [1.807, 2.05) is 12.1 Å². The van der Waals surface area contributed by atoms with E-state index in [0.29, 0.717) is 36.1 Å². The number of nitrogens with zero attached hydrogens (tertiary/aromatic N) is 5. The number of aromatic nitrogens is 3. The van der Waals surface area contributed by atoms with E-state index in [0.717, 1.165) is 60.6 Å². The number of carbonyl (C=O) groups is 3. The van der Waals surface area contributed by atoms with E-state index in [4.69, 9.17) is 25.6 Å². The first-order valence-corrected chi connectivity index (χ1v) is 19.6. The van der Waals surface area contributed by atoms with Gasteiger partial charge in [-0.25, -0.2) is 4.98 Å². The molecule has 8 N–H and O–H groups in total. The molecule has 292 valence electrons. The number of thiazole rings is 1. The molecule has 4 unspecified atom stereocenters. The number of hydrogen-bond donors (Lipinski definition) is 6. The average Bonchev–Trinajstić information content (AvgIpc) is 3.72. The standard InChI is InChI=1S/C33H43N9O10S2/c1-18(31(45)46)27(51-39-26(23-17-53-32(35)37-23)29(43)38-28-30(44)42(33(28,2)3)52-54(47,48)49)25-8-6-21-11-20(5-7-24(21)50-25)22-15-40(10-4-9-34)41(16-22)14-19-12-36-13-19/h5,7,11,15-19,25,27-28,36H,4,6,8-10,12-14,34H2,1-3H3,(H4-,35,37,38,43,45,46,47,48,49)/p+1/b39-26-. The third-order valence-corrected chi connectivity index (χ3v) is 10.8. The molecule has 2 saturated heterocycles. The summed E-state index contributed by atoms with van der Waals surface area (Å²) in [4.78, 5) is 48.5. The Morgan fingerprint density at radius 1 is 1.30 bits per heavy atom. The fourth-order valence-electron chi connectivity index (χ4n) is 6.57. The third kappa shape index (κ3) is 8.35. The van der Waals surface area contributed by atoms with E-state index in [2.05, 4.69) is 52.9 Å². The smallest absolute Gasteiger partial charge is 0.418 e. The van der Waals surface area contributed by atoms with E-state index < -0.39 is 63.6 Å². The number of hydroxylamine groups is 2. The molecular weight excluding hydrogens is 747 g/mol. The Labute approximate surface area is 315 Å². The summed E-state index contributed by atoms with van der Waals surface area (Å²) in [7, 11) is -5.02. The van der Waals surface area contributed by atoms with Crippen LogP contribution in [-0.2, 0) is 53.4 Å². The van der Waals surface area contributed by atoms with Crippen LogP contribution in [0.4, 0.5) is 5.13 Å². The minimum absolute atomic E-state index is 0.0164. The van der Waals surface area contributed by atoms with Crippen molar-refractivity contribution in [2.75, 3.05) is 25.4 Å². The van der Waals surface area contributed by atoms with Gasteiger partial charge in [0.1, 0.15) is 23.6 Å². The Bertz CT molecular complexity index is 2050. The number of nitrogens with two attached hydrogens (primary N) is 2. The highest BCUT2D eigenvalue weighted by Crippen LogP contribution is 2.35. The summed E-state index contributed by atoms with van der Waals surface area (Å²) >= 11 is 1.00. The van der Waals surface area contributed by atoms with Crippen LogP contribution in [-0.4, -0.2) is 99.7 Å². The molecule has 4 atom stereocenters. The molecule has 0 spiro atoms. The van der Waals surface area contributed by atoms with E-state index in [-0.39, 0.29) is 10.8 Å². The van der Waals surface area contributed by atoms with Gasteiger partial charge < -0.3 is 36.8 Å². The third-order valence-electron chi connectivity index (χ3n) is 9.79. The van der Waals surface area contributed by atoms with E-state index >= 15 is 0 Å². The molecule has 19 nitrogen and oxygen atoms in total. The second-order valence-electron chi connectivity index (χ2n) is 14.1. The fourth-order valence-corrected chi connectivity index (χ4v) is 7.58. The summed E-state index contributed by atoms with van der Waals surface area (Å²) in [6.45, 7) is 8.51. The maximum Gasteiger partial charge on any atom is 0.418 e. The number of carboxylic acids is 1. The summed E-state index contributed by atoms with van der Waals surface area (Å²) < 4.78 is 46.7. The molecule has 3 aliphatic rings. The molecule has 2 fully saturated rings. The molecule has 0 bridgehead atoms. The highest BCUT2D eigenvalue weighted by atomic mass is 32.3. The number of ether oxygens (including phenoxy) is 1. The lowest BCUT2D eigenvalue weighted by atomic mass is 9.84. The van der Waals surface area contributed by atoms with Gasteiger partial charge in [0.15, 0.2) is 23.5 Å². The van der Waals surface area contributed by atoms with Gasteiger partial charge in [-0.1, -0.05) is 11.2 Å². The maximum atomic E-state index is 13.6. The minimum Gasteiger partial charge on any atom is -0.486 e. The quantitative estimate of drug-likeness (QED) is 0.0370. The maximum absolute atomic E-state index is 13.6. The summed E-state index contributed by atoms with van der Waals surface area (Å²) in [5.41, 5.74) is 12.8. The van der Waals surface area contributed by atoms with Crippen LogP contribution < -0.4 is 31.5 Å². The van der Waals surface area contributed by atoms with Gasteiger partial charge in [0.05, 0.1) is 29.8 Å². The molecule has 21 heteroatoms. The fraction of sp³-hybridized carbons (Fsp3) is 0.515. The van der Waals surface area contributed by atoms with Crippen molar-refractivity contribution in [2.24, 2.45) is 22.7 Å². The largest absolute Gasteiger partial charge is 0.486 e. The number of amides is 2. The van der Waals surface area contributed by atoms with Gasteiger partial charge in [-0.2, -0.15) is 18.2 Å². The summed E-state index contributed by atoms with van der Waals surface area (Å²) in [6.07, 6.45) is 4.09. The van der Waals surface area contributed by atoms with Crippen molar-refractivity contribution in [2.45, 2.75) is 76.9 Å². The molecule has 0 radical (unpaired) electrons. The van der Waals surface area contributed by atoms with Crippen LogP contribution in [0.3, 0.4) is 0 Å². The number of nitrogen functional groups attached to an aromatic ring is 1. The van der Waals surface area contributed by atoms with Crippen molar-refractivity contribution in [3.05, 3.63) is 47.2 Å². The summed E-state index contributed by atoms with van der Waals surface area (Å²) in [5.74, 6) is -3.11. The second-order valence-corrected chi connectivity index (χ2v) is 16.0. The number of β-lactam (4-membered cyclic amide) rings is 1. The highest BCUT2D eigenvalue weighted by Gasteiger charge is 2.58. The first kappa shape index (κ1) is 39.0. The van der Waals surface area contributed by atoms with Crippen molar-refractivity contribution in [1.82, 2.24) is 25.4 Å². The van der Waals surface area contributed by atoms with Crippen molar-refractivity contribution in [1.29, 1.82) is 0 Å². The molecule has 0 saturated carbocycles. The Morgan fingerprint density at radius 3 is 2.67 bits per heavy atom. The van der Waals surface area contributed by atoms with Crippen LogP contribution >= 0.6 is 11.3 Å². The number of benzene rings is 1. The Kier molecular flexibility index (Phi) is 11.3. The SMILES string of the molecule is CC(C(=O)O)C(O/N=C(\C(=O)NC1C(=O)N(OS(=O)(=O)O)C1(C)C)c1csc(N)n1)C1CCc2cc(-c3cn(CCCN)[n+](CC4CNC4)c3)ccc2O1. The van der Waals surface area contributed by atoms with Gasteiger partial charge in [0, 0.05) is 24.4 Å². The molecule has 3 aromatic rings. The zero-order valence-electron chi connectivity index (χ0n) is 29.9. The van der Waals surface area contributed by atoms with Crippen LogP contribution in [0.15, 0.2) is 41.1 Å². The Balaban J connectivity index is 1.21. The van der Waals surface area contributed by atoms with E-state index in [1.165, 1.54) is 26.2 Å². The van der Waals surface area contributed by atoms with Crippen LogP contribution in [0.25, 0.3) is 11.1 Å². The number of rotatable bonds is 16. The van der Waals surface area contributed by atoms with Crippen LogP contribution in [0.2, 0.25) is 0 Å². The lowest BCUT2D eigenvalue weighted by Crippen LogP contribution is -2.76. The number of aryl methyl sites for hydroxylation is 2. The van der Waals surface area contributed by atoms with Gasteiger partial charge in [-0.05, 0) is 69.8 Å². The number of carboxylic acid groups (broad SMARTS) is 1. The first-order chi connectivity index (χ1) is 25.5. The Hall–Kier alpha value is -4.67.